The van der Waals surface area contributed by atoms with Crippen LogP contribution < -0.4 is 5.73 Å². The Balaban J connectivity index is 0.000000203. The number of hydrogen-bond donors (Lipinski definition) is 2. The molecule has 1 aromatic carbocycles. The Hall–Kier alpha value is -1.52. The molecule has 0 aromatic heterocycles. The molecule has 0 radical (unpaired) electrons. The lowest BCUT2D eigenvalue weighted by Crippen LogP contribution is -2.09. The Kier molecular flexibility index (Phi) is 5.68. The minimum Gasteiger partial charge on any atom is -0.510 e. The van der Waals surface area contributed by atoms with Crippen molar-refractivity contribution in [1.29, 1.82) is 0 Å². The van der Waals surface area contributed by atoms with Crippen molar-refractivity contribution in [3.63, 3.8) is 0 Å². The monoisotopic (exact) mass is 269 g/mol. The smallest absolute Gasteiger partial charge is 0.320 e. The summed E-state index contributed by atoms with van der Waals surface area (Å²) in [7, 11) is 0. The molecule has 5 heteroatoms. The first-order valence-electron chi connectivity index (χ1n) is 5.56. The van der Waals surface area contributed by atoms with E-state index >= 15 is 0 Å². The Labute approximate surface area is 111 Å². The third-order valence-electron chi connectivity index (χ3n) is 2.37. The van der Waals surface area contributed by atoms with Crippen molar-refractivity contribution in [3.05, 3.63) is 41.2 Å². The van der Waals surface area contributed by atoms with Crippen molar-refractivity contribution in [2.45, 2.75) is 13.0 Å². The number of nitrogens with two attached hydrogens (primary N) is 1. The van der Waals surface area contributed by atoms with E-state index in [2.05, 4.69) is 4.74 Å². The Morgan fingerprint density at radius 2 is 2.17 bits per heavy atom. The van der Waals surface area contributed by atoms with Gasteiger partial charge in [-0.2, -0.15) is 0 Å². The molecule has 0 amide bonds. The highest BCUT2D eigenvalue weighted by molar-refractivity contribution is 6.26. The van der Waals surface area contributed by atoms with Crippen molar-refractivity contribution in [2.24, 2.45) is 5.73 Å². The van der Waals surface area contributed by atoms with Gasteiger partial charge < -0.3 is 15.6 Å². The summed E-state index contributed by atoms with van der Waals surface area (Å²) >= 11 is 5.06. The summed E-state index contributed by atoms with van der Waals surface area (Å²) in [5.41, 5.74) is 7.70. The van der Waals surface area contributed by atoms with E-state index in [0.29, 0.717) is 6.61 Å². The SMILES string of the molecule is CCOC(=O)CCl.N[C@H]1C(O)=Cc2ccccc21. The maximum Gasteiger partial charge on any atom is 0.320 e. The summed E-state index contributed by atoms with van der Waals surface area (Å²) in [4.78, 5) is 10.1. The lowest BCUT2D eigenvalue weighted by Gasteiger charge is -2.04. The number of halogens is 1. The van der Waals surface area contributed by atoms with Crippen LogP contribution in [0.15, 0.2) is 30.0 Å². The lowest BCUT2D eigenvalue weighted by molar-refractivity contribution is -0.140. The fraction of sp³-hybridized carbons (Fsp3) is 0.308. The van der Waals surface area contributed by atoms with Gasteiger partial charge in [-0.25, -0.2) is 0 Å². The maximum atomic E-state index is 10.1. The normalized spacial score (nSPS) is 16.2. The molecular formula is C13H16ClNO3. The van der Waals surface area contributed by atoms with Crippen molar-refractivity contribution in [1.82, 2.24) is 0 Å². The molecule has 2 rings (SSSR count). The zero-order chi connectivity index (χ0) is 13.5. The van der Waals surface area contributed by atoms with Crippen LogP contribution in [0.2, 0.25) is 0 Å². The van der Waals surface area contributed by atoms with E-state index in [4.69, 9.17) is 17.3 Å². The van der Waals surface area contributed by atoms with Crippen LogP contribution in [-0.2, 0) is 9.53 Å². The zero-order valence-electron chi connectivity index (χ0n) is 10.1. The predicted molar refractivity (Wildman–Crippen MR) is 71.3 cm³/mol. The first-order valence-corrected chi connectivity index (χ1v) is 6.10. The van der Waals surface area contributed by atoms with Gasteiger partial charge in [0, 0.05) is 0 Å². The van der Waals surface area contributed by atoms with E-state index in [-0.39, 0.29) is 23.7 Å². The second-order valence-corrected chi connectivity index (χ2v) is 3.88. The van der Waals surface area contributed by atoms with Crippen LogP contribution in [0.1, 0.15) is 24.1 Å². The lowest BCUT2D eigenvalue weighted by atomic mass is 10.1. The predicted octanol–water partition coefficient (Wildman–Crippen LogP) is 2.39. The van der Waals surface area contributed by atoms with E-state index in [1.54, 1.807) is 13.0 Å². The van der Waals surface area contributed by atoms with Gasteiger partial charge in [0.2, 0.25) is 0 Å². The first-order chi connectivity index (χ1) is 8.60. The van der Waals surface area contributed by atoms with Gasteiger partial charge in [-0.3, -0.25) is 4.79 Å². The number of ether oxygens (including phenoxy) is 1. The molecule has 0 bridgehead atoms. The third kappa shape index (κ3) is 3.75. The van der Waals surface area contributed by atoms with E-state index in [1.165, 1.54) is 0 Å². The van der Waals surface area contributed by atoms with Gasteiger partial charge in [-0.05, 0) is 24.1 Å². The van der Waals surface area contributed by atoms with Crippen LogP contribution in [0.3, 0.4) is 0 Å². The Morgan fingerprint density at radius 3 is 2.67 bits per heavy atom. The third-order valence-corrected chi connectivity index (χ3v) is 2.59. The molecule has 0 saturated heterocycles. The molecule has 1 aromatic rings. The number of carbonyl (C=O) groups excluding carboxylic acids is 1. The van der Waals surface area contributed by atoms with Crippen LogP contribution in [0.25, 0.3) is 6.08 Å². The van der Waals surface area contributed by atoms with Gasteiger partial charge >= 0.3 is 5.97 Å². The molecule has 0 spiro atoms. The van der Waals surface area contributed by atoms with Crippen molar-refractivity contribution >= 4 is 23.6 Å². The number of fused-ring (bicyclic) bond motifs is 1. The number of hydrogen-bond acceptors (Lipinski definition) is 4. The van der Waals surface area contributed by atoms with E-state index in [9.17, 15) is 9.90 Å². The maximum absolute atomic E-state index is 10.1. The molecule has 0 aliphatic heterocycles. The minimum absolute atomic E-state index is 0.0478. The fourth-order valence-corrected chi connectivity index (χ4v) is 1.61. The van der Waals surface area contributed by atoms with Gasteiger partial charge in [0.05, 0.1) is 12.6 Å². The number of alkyl halides is 1. The minimum atomic E-state index is -0.357. The number of aliphatic hydroxyl groups excluding tert-OH is 1. The zero-order valence-corrected chi connectivity index (χ0v) is 10.9. The molecule has 18 heavy (non-hydrogen) atoms. The number of rotatable bonds is 2. The summed E-state index contributed by atoms with van der Waals surface area (Å²) in [6.45, 7) is 2.15. The topological polar surface area (TPSA) is 72.5 Å². The van der Waals surface area contributed by atoms with Crippen LogP contribution in [0, 0.1) is 0 Å². The number of aliphatic hydroxyl groups is 1. The van der Waals surface area contributed by atoms with E-state index in [1.807, 2.05) is 24.3 Å². The van der Waals surface area contributed by atoms with Gasteiger partial charge in [-0.15, -0.1) is 11.6 Å². The highest BCUT2D eigenvalue weighted by atomic mass is 35.5. The Morgan fingerprint density at radius 1 is 1.50 bits per heavy atom. The molecule has 3 N–H and O–H groups in total. The Bertz CT molecular complexity index is 446. The quantitative estimate of drug-likeness (QED) is 0.639. The summed E-state index contributed by atoms with van der Waals surface area (Å²) in [5, 5.41) is 9.26. The average Bonchev–Trinajstić information content (AvgIpc) is 2.67. The van der Waals surface area contributed by atoms with Crippen LogP contribution >= 0.6 is 11.6 Å². The van der Waals surface area contributed by atoms with Gasteiger partial charge in [0.25, 0.3) is 0 Å². The number of esters is 1. The molecule has 0 saturated carbocycles. The summed E-state index contributed by atoms with van der Waals surface area (Å²) in [5.74, 6) is -0.149. The second-order valence-electron chi connectivity index (χ2n) is 3.61. The fourth-order valence-electron chi connectivity index (χ4n) is 1.53. The van der Waals surface area contributed by atoms with Crippen molar-refractivity contribution in [2.75, 3.05) is 12.5 Å². The molecule has 1 atom stereocenters. The van der Waals surface area contributed by atoms with Gasteiger partial charge in [0.15, 0.2) is 0 Å². The van der Waals surface area contributed by atoms with Crippen LogP contribution in [0.4, 0.5) is 0 Å². The van der Waals surface area contributed by atoms with E-state index in [0.717, 1.165) is 11.1 Å². The molecule has 0 unspecified atom stereocenters. The summed E-state index contributed by atoms with van der Waals surface area (Å²) in [6, 6.07) is 7.41. The highest BCUT2D eigenvalue weighted by Gasteiger charge is 2.19. The van der Waals surface area contributed by atoms with Gasteiger partial charge in [-0.1, -0.05) is 24.3 Å². The first kappa shape index (κ1) is 14.5. The second kappa shape index (κ2) is 7.03. The van der Waals surface area contributed by atoms with Crippen LogP contribution in [-0.4, -0.2) is 23.6 Å². The summed E-state index contributed by atoms with van der Waals surface area (Å²) in [6.07, 6.45) is 1.71. The molecular weight excluding hydrogens is 254 g/mol. The molecule has 98 valence electrons. The van der Waals surface area contributed by atoms with Crippen molar-refractivity contribution < 1.29 is 14.6 Å². The van der Waals surface area contributed by atoms with Gasteiger partial charge in [0.1, 0.15) is 11.6 Å². The summed E-state index contributed by atoms with van der Waals surface area (Å²) < 4.78 is 4.42. The van der Waals surface area contributed by atoms with E-state index < -0.39 is 0 Å². The number of carbonyl (C=O) groups is 1. The molecule has 0 heterocycles. The largest absolute Gasteiger partial charge is 0.510 e. The standard InChI is InChI=1S/C9H9NO.C4H7ClO2/c10-9-7-4-2-1-3-6(7)5-8(9)11;1-2-7-4(6)3-5/h1-5,9,11H,10H2;2-3H2,1H3/t9-;/m1./s1. The number of benzene rings is 1. The molecule has 4 nitrogen and oxygen atoms in total. The molecule has 1 aliphatic carbocycles. The average molecular weight is 270 g/mol. The van der Waals surface area contributed by atoms with Crippen LogP contribution in [0.5, 0.6) is 0 Å². The molecule has 1 aliphatic rings. The molecule has 0 fully saturated rings. The van der Waals surface area contributed by atoms with Crippen molar-refractivity contribution in [3.8, 4) is 0 Å². The highest BCUT2D eigenvalue weighted by Crippen LogP contribution is 2.29.